The average Bonchev–Trinajstić information content (AvgIpc) is 3.23. The number of benzene rings is 1. The second kappa shape index (κ2) is 12.4. The summed E-state index contributed by atoms with van der Waals surface area (Å²) in [6, 6.07) is 4.50. The fourth-order valence-corrected chi connectivity index (χ4v) is 6.09. The first kappa shape index (κ1) is 27.2. The molecular weight excluding hydrogens is 444 g/mol. The molecule has 0 radical (unpaired) electrons. The van der Waals surface area contributed by atoms with Gasteiger partial charge in [0.1, 0.15) is 5.75 Å². The molecule has 1 aliphatic heterocycles. The van der Waals surface area contributed by atoms with E-state index in [2.05, 4.69) is 37.6 Å². The van der Waals surface area contributed by atoms with Crippen molar-refractivity contribution in [1.29, 1.82) is 0 Å². The first-order valence-electron chi connectivity index (χ1n) is 11.5. The van der Waals surface area contributed by atoms with E-state index in [4.69, 9.17) is 0 Å². The van der Waals surface area contributed by atoms with Gasteiger partial charge in [-0.05, 0) is 74.6 Å². The van der Waals surface area contributed by atoms with E-state index >= 15 is 0 Å². The van der Waals surface area contributed by atoms with Crippen LogP contribution in [0.1, 0.15) is 58.4 Å². The summed E-state index contributed by atoms with van der Waals surface area (Å²) in [5.74, 6) is 1.79. The lowest BCUT2D eigenvalue weighted by Crippen LogP contribution is -2.46. The minimum absolute atomic E-state index is 0.0184. The van der Waals surface area contributed by atoms with Gasteiger partial charge in [-0.3, -0.25) is 0 Å². The Balaban J connectivity index is 1.86. The number of aliphatic hydroxyl groups is 1. The van der Waals surface area contributed by atoms with E-state index in [0.29, 0.717) is 18.9 Å². The van der Waals surface area contributed by atoms with Crippen molar-refractivity contribution in [3.8, 4) is 5.75 Å². The molecule has 1 unspecified atom stereocenters. The maximum Gasteiger partial charge on any atom is 0.243 e. The van der Waals surface area contributed by atoms with Gasteiger partial charge in [-0.2, -0.15) is 4.31 Å². The molecule has 0 aromatic heterocycles. The molecule has 0 saturated carbocycles. The number of nitrogens with one attached hydrogen (secondary N) is 1. The van der Waals surface area contributed by atoms with Crippen molar-refractivity contribution < 1.29 is 18.6 Å². The third-order valence-electron chi connectivity index (χ3n) is 5.90. The van der Waals surface area contributed by atoms with Gasteiger partial charge in [0.05, 0.1) is 11.0 Å². The SMILES string of the molecule is CCCCc1cc(O)cc(S(=O)(=O)N(C)C[C@H](O)CNC(C)(C)CCCC2C=CSC2)c1. The van der Waals surface area contributed by atoms with Gasteiger partial charge in [-0.15, -0.1) is 11.8 Å². The molecule has 2 atom stereocenters. The van der Waals surface area contributed by atoms with Crippen molar-refractivity contribution in [2.24, 2.45) is 5.92 Å². The number of phenols is 1. The predicted molar refractivity (Wildman–Crippen MR) is 134 cm³/mol. The first-order chi connectivity index (χ1) is 15.0. The van der Waals surface area contributed by atoms with Gasteiger partial charge in [-0.25, -0.2) is 8.42 Å². The summed E-state index contributed by atoms with van der Waals surface area (Å²) in [5.41, 5.74) is 0.669. The Kier molecular flexibility index (Phi) is 10.5. The van der Waals surface area contributed by atoms with Crippen LogP contribution in [-0.4, -0.2) is 60.5 Å². The quantitative estimate of drug-likeness (QED) is 0.368. The maximum absolute atomic E-state index is 13.0. The molecule has 2 rings (SSSR count). The van der Waals surface area contributed by atoms with Crippen molar-refractivity contribution in [3.63, 3.8) is 0 Å². The molecule has 0 fully saturated rings. The molecule has 0 bridgehead atoms. The number of aliphatic hydroxyl groups excluding tert-OH is 1. The molecule has 1 heterocycles. The highest BCUT2D eigenvalue weighted by Crippen LogP contribution is 2.26. The smallest absolute Gasteiger partial charge is 0.243 e. The molecule has 1 aromatic carbocycles. The van der Waals surface area contributed by atoms with Crippen LogP contribution in [0, 0.1) is 5.92 Å². The van der Waals surface area contributed by atoms with E-state index in [-0.39, 0.29) is 22.7 Å². The highest BCUT2D eigenvalue weighted by Gasteiger charge is 2.25. The number of β-amino-alcohol motifs (C(OH)–C–C–N with tert-alkyl or cyclic N) is 1. The van der Waals surface area contributed by atoms with Crippen LogP contribution in [0.5, 0.6) is 5.75 Å². The molecule has 6 nitrogen and oxygen atoms in total. The zero-order valence-electron chi connectivity index (χ0n) is 19.9. The van der Waals surface area contributed by atoms with Crippen LogP contribution >= 0.6 is 11.8 Å². The molecule has 0 saturated heterocycles. The van der Waals surface area contributed by atoms with Crippen LogP contribution < -0.4 is 5.32 Å². The number of likely N-dealkylation sites (N-methyl/N-ethyl adjacent to an activating group) is 1. The topological polar surface area (TPSA) is 89.9 Å². The summed E-state index contributed by atoms with van der Waals surface area (Å²) in [6.45, 7) is 6.59. The van der Waals surface area contributed by atoms with E-state index in [1.54, 1.807) is 12.1 Å². The number of allylic oxidation sites excluding steroid dienone is 1. The second-order valence-corrected chi connectivity index (χ2v) is 12.4. The number of rotatable bonds is 14. The normalized spacial score (nSPS) is 17.9. The van der Waals surface area contributed by atoms with Crippen molar-refractivity contribution >= 4 is 21.8 Å². The molecule has 8 heteroatoms. The van der Waals surface area contributed by atoms with Crippen LogP contribution in [0.4, 0.5) is 0 Å². The lowest BCUT2D eigenvalue weighted by Gasteiger charge is -2.29. The van der Waals surface area contributed by atoms with Crippen LogP contribution in [0.3, 0.4) is 0 Å². The van der Waals surface area contributed by atoms with Crippen LogP contribution in [0.15, 0.2) is 34.6 Å². The molecule has 0 aliphatic carbocycles. The van der Waals surface area contributed by atoms with Gasteiger partial charge in [0, 0.05) is 31.4 Å². The first-order valence-corrected chi connectivity index (χ1v) is 14.0. The van der Waals surface area contributed by atoms with E-state index in [1.165, 1.54) is 25.3 Å². The number of thioether (sulfide) groups is 1. The molecule has 182 valence electrons. The number of nitrogens with zero attached hydrogens (tertiary/aromatic N) is 1. The van der Waals surface area contributed by atoms with Gasteiger partial charge < -0.3 is 15.5 Å². The summed E-state index contributed by atoms with van der Waals surface area (Å²) in [7, 11) is -2.34. The third-order valence-corrected chi connectivity index (χ3v) is 8.67. The molecular formula is C24H40N2O4S2. The molecule has 0 spiro atoms. The number of aryl methyl sites for hydroxylation is 1. The Hall–Kier alpha value is -1.06. The molecule has 32 heavy (non-hydrogen) atoms. The number of aromatic hydroxyl groups is 1. The summed E-state index contributed by atoms with van der Waals surface area (Å²) < 4.78 is 27.1. The Bertz CT molecular complexity index is 856. The number of sulfonamides is 1. The molecule has 0 amide bonds. The van der Waals surface area contributed by atoms with Gasteiger partial charge in [-0.1, -0.05) is 25.8 Å². The number of hydrogen-bond acceptors (Lipinski definition) is 6. The van der Waals surface area contributed by atoms with Crippen molar-refractivity contribution in [2.45, 2.75) is 75.8 Å². The number of unbranched alkanes of at least 4 members (excludes halogenated alkanes) is 1. The van der Waals surface area contributed by atoms with Gasteiger partial charge >= 0.3 is 0 Å². The summed E-state index contributed by atoms with van der Waals surface area (Å²) in [4.78, 5) is 0.0608. The fourth-order valence-electron chi connectivity index (χ4n) is 3.83. The molecule has 1 aliphatic rings. The van der Waals surface area contributed by atoms with E-state index in [9.17, 15) is 18.6 Å². The fraction of sp³-hybridized carbons (Fsp3) is 0.667. The van der Waals surface area contributed by atoms with Gasteiger partial charge in [0.15, 0.2) is 0 Å². The number of phenolic OH excluding ortho intramolecular Hbond substituents is 1. The average molecular weight is 485 g/mol. The Morgan fingerprint density at radius 3 is 2.69 bits per heavy atom. The van der Waals surface area contributed by atoms with E-state index in [1.807, 2.05) is 11.8 Å². The van der Waals surface area contributed by atoms with E-state index in [0.717, 1.165) is 35.6 Å². The third kappa shape index (κ3) is 8.71. The molecule has 3 N–H and O–H groups in total. The highest BCUT2D eigenvalue weighted by molar-refractivity contribution is 8.02. The largest absolute Gasteiger partial charge is 0.508 e. The van der Waals surface area contributed by atoms with Crippen molar-refractivity contribution in [1.82, 2.24) is 9.62 Å². The lowest BCUT2D eigenvalue weighted by atomic mass is 9.94. The van der Waals surface area contributed by atoms with Crippen molar-refractivity contribution in [2.75, 3.05) is 25.9 Å². The zero-order valence-corrected chi connectivity index (χ0v) is 21.5. The minimum atomic E-state index is -3.80. The van der Waals surface area contributed by atoms with E-state index < -0.39 is 16.1 Å². The Morgan fingerprint density at radius 2 is 2.03 bits per heavy atom. The van der Waals surface area contributed by atoms with Gasteiger partial charge in [0.2, 0.25) is 10.0 Å². The lowest BCUT2D eigenvalue weighted by molar-refractivity contribution is 0.137. The summed E-state index contributed by atoms with van der Waals surface area (Å²) in [6.07, 6.45) is 7.35. The Morgan fingerprint density at radius 1 is 1.28 bits per heavy atom. The van der Waals surface area contributed by atoms with Crippen LogP contribution in [-0.2, 0) is 16.4 Å². The molecule has 1 aromatic rings. The van der Waals surface area contributed by atoms with Gasteiger partial charge in [0.25, 0.3) is 0 Å². The summed E-state index contributed by atoms with van der Waals surface area (Å²) in [5, 5.41) is 26.0. The van der Waals surface area contributed by atoms with Crippen LogP contribution in [0.25, 0.3) is 0 Å². The second-order valence-electron chi connectivity index (χ2n) is 9.46. The monoisotopic (exact) mass is 484 g/mol. The van der Waals surface area contributed by atoms with Crippen molar-refractivity contribution in [3.05, 3.63) is 35.2 Å². The highest BCUT2D eigenvalue weighted by atomic mass is 32.2. The minimum Gasteiger partial charge on any atom is -0.508 e. The van der Waals surface area contributed by atoms with Crippen LogP contribution in [0.2, 0.25) is 0 Å². The number of hydrogen-bond donors (Lipinski definition) is 3. The zero-order chi connectivity index (χ0) is 23.8. The predicted octanol–water partition coefficient (Wildman–Crippen LogP) is 4.13. The Labute approximate surface area is 198 Å². The standard InChI is InChI=1S/C24H40N2O4S2/c1-5-6-8-20-13-21(27)15-23(14-20)32(29,30)26(4)17-22(28)16-25-24(2,3)11-7-9-19-10-12-31-18-19/h10,12-15,19,22,25,27-28H,5-9,11,16-18H2,1-4H3/t19?,22-/m1/s1. The summed E-state index contributed by atoms with van der Waals surface area (Å²) >= 11 is 1.87. The maximum atomic E-state index is 13.0.